The molecule has 2 aromatic rings. The van der Waals surface area contributed by atoms with Crippen LogP contribution >= 0.6 is 11.6 Å². The first-order chi connectivity index (χ1) is 11.3. The van der Waals surface area contributed by atoms with E-state index >= 15 is 0 Å². The summed E-state index contributed by atoms with van der Waals surface area (Å²) in [5, 5.41) is 20.1. The molecular weight excluding hydrogens is 330 g/mol. The van der Waals surface area contributed by atoms with Crippen LogP contribution in [-0.4, -0.2) is 39.6 Å². The number of rotatable bonds is 7. The summed E-state index contributed by atoms with van der Waals surface area (Å²) in [6.45, 7) is 5.94. The Morgan fingerprint density at radius 3 is 2.58 bits per heavy atom. The molecule has 0 radical (unpaired) electrons. The SMILES string of the molecule is Cc1c(C(=O)O)cn(CC(O)COC(C)C)c1-c1ccccc1Cl. The molecule has 1 unspecified atom stereocenters. The van der Waals surface area contributed by atoms with Crippen molar-refractivity contribution >= 4 is 17.6 Å². The summed E-state index contributed by atoms with van der Waals surface area (Å²) in [6.07, 6.45) is 0.806. The maximum Gasteiger partial charge on any atom is 0.337 e. The number of hydrogen-bond donors (Lipinski definition) is 2. The highest BCUT2D eigenvalue weighted by molar-refractivity contribution is 6.33. The van der Waals surface area contributed by atoms with Gasteiger partial charge >= 0.3 is 5.97 Å². The molecule has 0 fully saturated rings. The highest BCUT2D eigenvalue weighted by Crippen LogP contribution is 2.33. The molecule has 0 saturated heterocycles. The third-order valence-corrected chi connectivity index (χ3v) is 4.05. The number of aliphatic hydroxyl groups excluding tert-OH is 1. The molecule has 0 aliphatic heterocycles. The third kappa shape index (κ3) is 4.17. The smallest absolute Gasteiger partial charge is 0.337 e. The molecule has 6 heteroatoms. The number of carbonyl (C=O) groups is 1. The quantitative estimate of drug-likeness (QED) is 0.799. The highest BCUT2D eigenvalue weighted by atomic mass is 35.5. The number of halogens is 1. The van der Waals surface area contributed by atoms with Crippen LogP contribution < -0.4 is 0 Å². The highest BCUT2D eigenvalue weighted by Gasteiger charge is 2.21. The molecule has 130 valence electrons. The Bertz CT molecular complexity index is 724. The lowest BCUT2D eigenvalue weighted by Gasteiger charge is -2.17. The van der Waals surface area contributed by atoms with E-state index in [4.69, 9.17) is 16.3 Å². The lowest BCUT2D eigenvalue weighted by Crippen LogP contribution is -2.24. The number of benzene rings is 1. The predicted octanol–water partition coefficient (Wildman–Crippen LogP) is 3.60. The topological polar surface area (TPSA) is 71.7 Å². The summed E-state index contributed by atoms with van der Waals surface area (Å²) in [7, 11) is 0. The Morgan fingerprint density at radius 2 is 2.00 bits per heavy atom. The van der Waals surface area contributed by atoms with Crippen molar-refractivity contribution in [2.45, 2.75) is 39.5 Å². The van der Waals surface area contributed by atoms with Gasteiger partial charge in [0, 0.05) is 16.8 Å². The molecule has 0 bridgehead atoms. The zero-order valence-corrected chi connectivity index (χ0v) is 14.7. The van der Waals surface area contributed by atoms with Crippen molar-refractivity contribution in [2.75, 3.05) is 6.61 Å². The molecule has 24 heavy (non-hydrogen) atoms. The van der Waals surface area contributed by atoms with Crippen LogP contribution in [0, 0.1) is 6.92 Å². The van der Waals surface area contributed by atoms with E-state index in [2.05, 4.69) is 0 Å². The number of carboxylic acids is 1. The summed E-state index contributed by atoms with van der Waals surface area (Å²) in [4.78, 5) is 11.5. The van der Waals surface area contributed by atoms with Crippen molar-refractivity contribution in [1.29, 1.82) is 0 Å². The lowest BCUT2D eigenvalue weighted by atomic mass is 10.1. The minimum Gasteiger partial charge on any atom is -0.478 e. The van der Waals surface area contributed by atoms with Crippen molar-refractivity contribution in [3.05, 3.63) is 46.6 Å². The minimum absolute atomic E-state index is 0.0173. The van der Waals surface area contributed by atoms with Crippen LogP contribution in [0.2, 0.25) is 5.02 Å². The third-order valence-electron chi connectivity index (χ3n) is 3.72. The van der Waals surface area contributed by atoms with Crippen LogP contribution in [0.3, 0.4) is 0 Å². The fraction of sp³-hybridized carbons (Fsp3) is 0.389. The van der Waals surface area contributed by atoms with Crippen molar-refractivity contribution in [3.8, 4) is 11.3 Å². The molecular formula is C18H22ClNO4. The minimum atomic E-state index is -1.01. The lowest BCUT2D eigenvalue weighted by molar-refractivity contribution is -0.000512. The van der Waals surface area contributed by atoms with Gasteiger partial charge in [0.15, 0.2) is 0 Å². The summed E-state index contributed by atoms with van der Waals surface area (Å²) >= 11 is 6.28. The molecule has 2 rings (SSSR count). The Morgan fingerprint density at radius 1 is 1.33 bits per heavy atom. The number of nitrogens with zero attached hydrogens (tertiary/aromatic N) is 1. The molecule has 0 spiro atoms. The van der Waals surface area contributed by atoms with Gasteiger partial charge in [-0.05, 0) is 32.4 Å². The number of carboxylic acid groups (broad SMARTS) is 1. The molecule has 1 heterocycles. The second-order valence-electron chi connectivity index (χ2n) is 5.99. The maximum absolute atomic E-state index is 11.5. The molecule has 1 aromatic carbocycles. The molecule has 0 aliphatic carbocycles. The summed E-state index contributed by atoms with van der Waals surface area (Å²) in [5.41, 5.74) is 2.25. The molecule has 2 N–H and O–H groups in total. The van der Waals surface area contributed by atoms with E-state index < -0.39 is 12.1 Å². The van der Waals surface area contributed by atoms with Gasteiger partial charge in [-0.3, -0.25) is 0 Å². The van der Waals surface area contributed by atoms with Crippen LogP contribution in [0.25, 0.3) is 11.3 Å². The van der Waals surface area contributed by atoms with Crippen LogP contribution in [0.5, 0.6) is 0 Å². The standard InChI is InChI=1S/C18H22ClNO4/c1-11(2)24-10-13(21)8-20-9-15(18(22)23)12(3)17(20)14-6-4-5-7-16(14)19/h4-7,9,11,13,21H,8,10H2,1-3H3,(H,22,23). The molecule has 0 amide bonds. The molecule has 1 aromatic heterocycles. The first kappa shape index (κ1) is 18.5. The number of ether oxygens (including phenoxy) is 1. The maximum atomic E-state index is 11.5. The molecule has 1 atom stereocenters. The van der Waals surface area contributed by atoms with E-state index in [0.29, 0.717) is 16.3 Å². The van der Waals surface area contributed by atoms with E-state index in [1.165, 1.54) is 6.20 Å². The number of aliphatic hydroxyl groups is 1. The van der Waals surface area contributed by atoms with Crippen LogP contribution in [-0.2, 0) is 11.3 Å². The number of hydrogen-bond acceptors (Lipinski definition) is 3. The fourth-order valence-corrected chi connectivity index (χ4v) is 2.84. The van der Waals surface area contributed by atoms with E-state index in [-0.39, 0.29) is 24.8 Å². The summed E-state index contributed by atoms with van der Waals surface area (Å²) in [6, 6.07) is 7.25. The van der Waals surface area contributed by atoms with Crippen molar-refractivity contribution in [1.82, 2.24) is 4.57 Å². The van der Waals surface area contributed by atoms with Gasteiger partial charge < -0.3 is 19.5 Å². The van der Waals surface area contributed by atoms with E-state index in [1.54, 1.807) is 17.6 Å². The van der Waals surface area contributed by atoms with Gasteiger partial charge in [0.1, 0.15) is 0 Å². The van der Waals surface area contributed by atoms with E-state index in [1.807, 2.05) is 32.0 Å². The van der Waals surface area contributed by atoms with Gasteiger partial charge in [-0.1, -0.05) is 29.8 Å². The Kier molecular flexibility index (Phi) is 6.04. The second-order valence-corrected chi connectivity index (χ2v) is 6.40. The average molecular weight is 352 g/mol. The van der Waals surface area contributed by atoms with Gasteiger partial charge in [0.05, 0.1) is 36.6 Å². The first-order valence-corrected chi connectivity index (χ1v) is 8.16. The van der Waals surface area contributed by atoms with Crippen LogP contribution in [0.1, 0.15) is 29.8 Å². The predicted molar refractivity (Wildman–Crippen MR) is 93.7 cm³/mol. The van der Waals surface area contributed by atoms with Gasteiger partial charge in [0.2, 0.25) is 0 Å². The monoisotopic (exact) mass is 351 g/mol. The Hall–Kier alpha value is -1.82. The van der Waals surface area contributed by atoms with Crippen molar-refractivity contribution in [2.24, 2.45) is 0 Å². The Balaban J connectivity index is 2.41. The van der Waals surface area contributed by atoms with E-state index in [0.717, 1.165) is 5.56 Å². The normalized spacial score (nSPS) is 12.6. The largest absolute Gasteiger partial charge is 0.478 e. The van der Waals surface area contributed by atoms with Crippen LogP contribution in [0.15, 0.2) is 30.5 Å². The average Bonchev–Trinajstić information content (AvgIpc) is 2.82. The Labute approximate surface area is 146 Å². The van der Waals surface area contributed by atoms with Crippen molar-refractivity contribution in [3.63, 3.8) is 0 Å². The fourth-order valence-electron chi connectivity index (χ4n) is 2.61. The van der Waals surface area contributed by atoms with E-state index in [9.17, 15) is 15.0 Å². The van der Waals surface area contributed by atoms with Crippen LogP contribution in [0.4, 0.5) is 0 Å². The zero-order valence-electron chi connectivity index (χ0n) is 14.0. The van der Waals surface area contributed by atoms with Gasteiger partial charge in [-0.15, -0.1) is 0 Å². The number of aromatic nitrogens is 1. The number of aromatic carboxylic acids is 1. The van der Waals surface area contributed by atoms with Gasteiger partial charge in [-0.2, -0.15) is 0 Å². The second kappa shape index (κ2) is 7.83. The molecule has 0 aliphatic rings. The first-order valence-electron chi connectivity index (χ1n) is 7.78. The molecule has 5 nitrogen and oxygen atoms in total. The summed E-state index contributed by atoms with van der Waals surface area (Å²) < 4.78 is 7.15. The zero-order chi connectivity index (χ0) is 17.9. The van der Waals surface area contributed by atoms with Gasteiger partial charge in [0.25, 0.3) is 0 Å². The summed E-state index contributed by atoms with van der Waals surface area (Å²) in [5.74, 6) is -1.01. The van der Waals surface area contributed by atoms with Crippen molar-refractivity contribution < 1.29 is 19.7 Å². The molecule has 0 saturated carbocycles. The van der Waals surface area contributed by atoms with Gasteiger partial charge in [-0.25, -0.2) is 4.79 Å².